The molecule has 5 nitrogen and oxygen atoms in total. The van der Waals surface area contributed by atoms with E-state index in [4.69, 9.17) is 16.3 Å². The molecule has 0 bridgehead atoms. The number of benzene rings is 2. The molecule has 0 fully saturated rings. The maximum Gasteiger partial charge on any atom is 0.247 e. The van der Waals surface area contributed by atoms with Crippen molar-refractivity contribution in [1.82, 2.24) is 15.2 Å². The average Bonchev–Trinajstić information content (AvgIpc) is 2.76. The van der Waals surface area contributed by atoms with Gasteiger partial charge in [-0.1, -0.05) is 53.7 Å². The molecule has 0 radical (unpaired) electrons. The molecule has 1 atom stereocenters. The van der Waals surface area contributed by atoms with Gasteiger partial charge in [-0.05, 0) is 30.7 Å². The molecule has 0 amide bonds. The van der Waals surface area contributed by atoms with E-state index in [0.717, 1.165) is 27.6 Å². The maximum absolute atomic E-state index is 5.91. The van der Waals surface area contributed by atoms with E-state index in [1.165, 1.54) is 11.8 Å². The molecule has 1 aliphatic heterocycles. The van der Waals surface area contributed by atoms with Crippen LogP contribution in [0, 0.1) is 0 Å². The molecule has 7 heteroatoms. The van der Waals surface area contributed by atoms with Gasteiger partial charge in [0.1, 0.15) is 0 Å². The van der Waals surface area contributed by atoms with Crippen LogP contribution in [-0.4, -0.2) is 21.4 Å². The summed E-state index contributed by atoms with van der Waals surface area (Å²) in [6.45, 7) is 1.94. The van der Waals surface area contributed by atoms with Gasteiger partial charge in [-0.25, -0.2) is 0 Å². The Morgan fingerprint density at radius 2 is 1.92 bits per heavy atom. The Balaban J connectivity index is 1.60. The number of halogens is 1. The van der Waals surface area contributed by atoms with Crippen LogP contribution in [0.5, 0.6) is 5.88 Å². The SMILES string of the molecule is C[C@@H]1Nc2ccccc2-c2nnc(SCc3ccc(Cl)cc3)nc2O1. The molecule has 0 unspecified atom stereocenters. The van der Waals surface area contributed by atoms with Crippen LogP contribution in [0.25, 0.3) is 11.3 Å². The van der Waals surface area contributed by atoms with Crippen LogP contribution in [0.15, 0.2) is 53.7 Å². The summed E-state index contributed by atoms with van der Waals surface area (Å²) in [4.78, 5) is 4.56. The summed E-state index contributed by atoms with van der Waals surface area (Å²) in [6.07, 6.45) is -0.201. The van der Waals surface area contributed by atoms with Crippen molar-refractivity contribution in [1.29, 1.82) is 0 Å². The van der Waals surface area contributed by atoms with Crippen LogP contribution in [0.4, 0.5) is 5.69 Å². The van der Waals surface area contributed by atoms with Crippen molar-refractivity contribution >= 4 is 29.1 Å². The fourth-order valence-corrected chi connectivity index (χ4v) is 3.43. The Labute approximate surface area is 154 Å². The summed E-state index contributed by atoms with van der Waals surface area (Å²) >= 11 is 7.43. The van der Waals surface area contributed by atoms with E-state index in [1.807, 2.05) is 55.5 Å². The van der Waals surface area contributed by atoms with Gasteiger partial charge in [0.25, 0.3) is 0 Å². The van der Waals surface area contributed by atoms with Gasteiger partial charge in [-0.15, -0.1) is 10.2 Å². The molecular formula is C18H15ClN4OS. The molecule has 126 valence electrons. The molecule has 2 heterocycles. The first-order chi connectivity index (χ1) is 12.2. The van der Waals surface area contributed by atoms with Gasteiger partial charge in [0, 0.05) is 22.0 Å². The fraction of sp³-hybridized carbons (Fsp3) is 0.167. The smallest absolute Gasteiger partial charge is 0.247 e. The second kappa shape index (κ2) is 6.90. The fourth-order valence-electron chi connectivity index (χ4n) is 2.57. The largest absolute Gasteiger partial charge is 0.452 e. The molecule has 4 rings (SSSR count). The van der Waals surface area contributed by atoms with E-state index >= 15 is 0 Å². The predicted octanol–water partition coefficient (Wildman–Crippen LogP) is 4.63. The third-order valence-electron chi connectivity index (χ3n) is 3.75. The van der Waals surface area contributed by atoms with Crippen molar-refractivity contribution in [2.75, 3.05) is 5.32 Å². The molecule has 3 aromatic rings. The first-order valence-corrected chi connectivity index (χ1v) is 9.20. The topological polar surface area (TPSA) is 59.9 Å². The number of anilines is 1. The van der Waals surface area contributed by atoms with Gasteiger partial charge < -0.3 is 10.1 Å². The Morgan fingerprint density at radius 1 is 1.12 bits per heavy atom. The highest BCUT2D eigenvalue weighted by Crippen LogP contribution is 2.36. The van der Waals surface area contributed by atoms with E-state index in [1.54, 1.807) is 0 Å². The average molecular weight is 371 g/mol. The predicted molar refractivity (Wildman–Crippen MR) is 100.0 cm³/mol. The zero-order chi connectivity index (χ0) is 17.2. The van der Waals surface area contributed by atoms with E-state index in [0.29, 0.717) is 16.7 Å². The number of hydrogen-bond acceptors (Lipinski definition) is 6. The number of fused-ring (bicyclic) bond motifs is 3. The van der Waals surface area contributed by atoms with E-state index < -0.39 is 0 Å². The van der Waals surface area contributed by atoms with Crippen molar-refractivity contribution < 1.29 is 4.74 Å². The van der Waals surface area contributed by atoms with Crippen LogP contribution in [-0.2, 0) is 5.75 Å². The van der Waals surface area contributed by atoms with Crippen LogP contribution >= 0.6 is 23.4 Å². The number of rotatable bonds is 3. The first kappa shape index (κ1) is 16.2. The number of nitrogens with one attached hydrogen (secondary N) is 1. The third-order valence-corrected chi connectivity index (χ3v) is 4.91. The van der Waals surface area contributed by atoms with Crippen LogP contribution in [0.3, 0.4) is 0 Å². The molecule has 25 heavy (non-hydrogen) atoms. The summed E-state index contributed by atoms with van der Waals surface area (Å²) in [6, 6.07) is 15.7. The van der Waals surface area contributed by atoms with Gasteiger partial charge in [0.2, 0.25) is 11.0 Å². The minimum absolute atomic E-state index is 0.201. The number of para-hydroxylation sites is 1. The highest BCUT2D eigenvalue weighted by Gasteiger charge is 2.22. The lowest BCUT2D eigenvalue weighted by Crippen LogP contribution is -2.21. The quantitative estimate of drug-likeness (QED) is 0.678. The summed E-state index contributed by atoms with van der Waals surface area (Å²) in [7, 11) is 0. The third kappa shape index (κ3) is 3.55. The number of nitrogens with zero attached hydrogens (tertiary/aromatic N) is 3. The Kier molecular flexibility index (Phi) is 4.46. The molecule has 2 aromatic carbocycles. The number of aromatic nitrogens is 3. The number of hydrogen-bond donors (Lipinski definition) is 1. The van der Waals surface area contributed by atoms with Crippen molar-refractivity contribution in [3.05, 3.63) is 59.1 Å². The second-order valence-corrected chi connectivity index (χ2v) is 6.99. The molecule has 0 saturated heterocycles. The maximum atomic E-state index is 5.91. The highest BCUT2D eigenvalue weighted by molar-refractivity contribution is 7.98. The summed E-state index contributed by atoms with van der Waals surface area (Å²) in [5.74, 6) is 1.24. The zero-order valence-electron chi connectivity index (χ0n) is 13.4. The summed E-state index contributed by atoms with van der Waals surface area (Å²) < 4.78 is 5.89. The van der Waals surface area contributed by atoms with Crippen molar-refractivity contribution in [2.45, 2.75) is 24.1 Å². The molecular weight excluding hydrogens is 356 g/mol. The van der Waals surface area contributed by atoms with Gasteiger partial charge in [-0.2, -0.15) is 4.98 Å². The zero-order valence-corrected chi connectivity index (χ0v) is 15.0. The highest BCUT2D eigenvalue weighted by atomic mass is 35.5. The molecule has 0 aliphatic carbocycles. The van der Waals surface area contributed by atoms with Crippen LogP contribution < -0.4 is 10.1 Å². The minimum atomic E-state index is -0.201. The van der Waals surface area contributed by atoms with Gasteiger partial charge in [0.05, 0.1) is 0 Å². The van der Waals surface area contributed by atoms with Crippen LogP contribution in [0.2, 0.25) is 5.02 Å². The number of ether oxygens (including phenoxy) is 1. The van der Waals surface area contributed by atoms with Gasteiger partial charge >= 0.3 is 0 Å². The Morgan fingerprint density at radius 3 is 2.76 bits per heavy atom. The van der Waals surface area contributed by atoms with E-state index in [9.17, 15) is 0 Å². The molecule has 1 N–H and O–H groups in total. The molecule has 1 aromatic heterocycles. The molecule has 1 aliphatic rings. The summed E-state index contributed by atoms with van der Waals surface area (Å²) in [5.41, 5.74) is 3.71. The van der Waals surface area contributed by atoms with E-state index in [2.05, 4.69) is 20.5 Å². The first-order valence-electron chi connectivity index (χ1n) is 7.83. The van der Waals surface area contributed by atoms with E-state index in [-0.39, 0.29) is 6.23 Å². The number of thioether (sulfide) groups is 1. The standard InChI is InChI=1S/C18H15ClN4OS/c1-11-20-15-5-3-2-4-14(15)16-17(24-11)21-18(23-22-16)25-10-12-6-8-13(19)9-7-12/h2-9,11,20H,10H2,1H3/t11-/m1/s1. The molecule has 0 saturated carbocycles. The lowest BCUT2D eigenvalue weighted by Gasteiger charge is -2.13. The van der Waals surface area contributed by atoms with Gasteiger partial charge in [0.15, 0.2) is 11.9 Å². The van der Waals surface area contributed by atoms with Crippen molar-refractivity contribution in [3.8, 4) is 17.1 Å². The van der Waals surface area contributed by atoms with Gasteiger partial charge in [-0.3, -0.25) is 0 Å². The van der Waals surface area contributed by atoms with Crippen molar-refractivity contribution in [2.24, 2.45) is 0 Å². The minimum Gasteiger partial charge on any atom is -0.452 e. The monoisotopic (exact) mass is 370 g/mol. The second-order valence-electron chi connectivity index (χ2n) is 5.61. The Bertz CT molecular complexity index is 904. The summed E-state index contributed by atoms with van der Waals surface area (Å²) in [5, 5.41) is 13.2. The lowest BCUT2D eigenvalue weighted by atomic mass is 10.1. The Hall–Kier alpha value is -2.31. The van der Waals surface area contributed by atoms with Crippen LogP contribution in [0.1, 0.15) is 12.5 Å². The van der Waals surface area contributed by atoms with Crippen molar-refractivity contribution in [3.63, 3.8) is 0 Å². The molecule has 0 spiro atoms. The normalized spacial score (nSPS) is 15.4. The lowest BCUT2D eigenvalue weighted by molar-refractivity contribution is 0.240.